The largest absolute Gasteiger partial charge is 0.496 e. The van der Waals surface area contributed by atoms with Crippen LogP contribution in [0.2, 0.25) is 0 Å². The van der Waals surface area contributed by atoms with Gasteiger partial charge in [0, 0.05) is 31.0 Å². The zero-order valence-electron chi connectivity index (χ0n) is 11.6. The molecule has 0 saturated carbocycles. The van der Waals surface area contributed by atoms with Gasteiger partial charge >= 0.3 is 0 Å². The first kappa shape index (κ1) is 13.2. The highest BCUT2D eigenvalue weighted by atomic mass is 16.5. The third kappa shape index (κ3) is 2.96. The zero-order valence-corrected chi connectivity index (χ0v) is 11.6. The number of nitrogens with one attached hydrogen (secondary N) is 1. The third-order valence-corrected chi connectivity index (χ3v) is 3.73. The van der Waals surface area contributed by atoms with E-state index in [-0.39, 0.29) is 0 Å². The number of hydrogen-bond donors (Lipinski definition) is 1. The topological polar surface area (TPSA) is 30.5 Å². The van der Waals surface area contributed by atoms with Crippen LogP contribution in [0.4, 0.5) is 5.69 Å². The highest BCUT2D eigenvalue weighted by Gasteiger charge is 2.14. The van der Waals surface area contributed by atoms with E-state index in [4.69, 9.17) is 9.47 Å². The minimum Gasteiger partial charge on any atom is -0.496 e. The van der Waals surface area contributed by atoms with Crippen LogP contribution in [0.25, 0.3) is 0 Å². The van der Waals surface area contributed by atoms with Gasteiger partial charge < -0.3 is 14.8 Å². The summed E-state index contributed by atoms with van der Waals surface area (Å²) in [6, 6.07) is 4.25. The van der Waals surface area contributed by atoms with E-state index in [1.807, 2.05) is 0 Å². The minimum atomic E-state index is 0.727. The van der Waals surface area contributed by atoms with Crippen LogP contribution >= 0.6 is 0 Å². The summed E-state index contributed by atoms with van der Waals surface area (Å²) in [7, 11) is 1.73. The van der Waals surface area contributed by atoms with E-state index < -0.39 is 0 Å². The lowest BCUT2D eigenvalue weighted by atomic mass is 10.00. The maximum absolute atomic E-state index is 5.45. The second-order valence-electron chi connectivity index (χ2n) is 5.02. The number of ether oxygens (including phenoxy) is 2. The Kier molecular flexibility index (Phi) is 4.48. The summed E-state index contributed by atoms with van der Waals surface area (Å²) < 4.78 is 10.8. The van der Waals surface area contributed by atoms with Gasteiger partial charge in [-0.25, -0.2) is 0 Å². The Hall–Kier alpha value is -1.22. The summed E-state index contributed by atoms with van der Waals surface area (Å²) in [5, 5.41) is 3.55. The molecule has 1 aliphatic rings. The van der Waals surface area contributed by atoms with E-state index >= 15 is 0 Å². The van der Waals surface area contributed by atoms with Crippen molar-refractivity contribution in [3.05, 3.63) is 23.3 Å². The number of benzene rings is 1. The second-order valence-corrected chi connectivity index (χ2v) is 5.02. The Balaban J connectivity index is 2.00. The summed E-state index contributed by atoms with van der Waals surface area (Å²) in [4.78, 5) is 0. The van der Waals surface area contributed by atoms with Crippen LogP contribution in [0.15, 0.2) is 12.1 Å². The van der Waals surface area contributed by atoms with Gasteiger partial charge in [-0.15, -0.1) is 0 Å². The molecule has 1 aromatic carbocycles. The molecule has 1 aromatic rings. The zero-order chi connectivity index (χ0) is 13.0. The van der Waals surface area contributed by atoms with Crippen LogP contribution in [0.3, 0.4) is 0 Å². The number of hydrogen-bond acceptors (Lipinski definition) is 3. The Morgan fingerprint density at radius 3 is 2.67 bits per heavy atom. The van der Waals surface area contributed by atoms with Crippen LogP contribution in [0.5, 0.6) is 5.75 Å². The van der Waals surface area contributed by atoms with Crippen molar-refractivity contribution in [2.45, 2.75) is 26.7 Å². The molecule has 3 heteroatoms. The summed E-state index contributed by atoms with van der Waals surface area (Å²) in [5.41, 5.74) is 3.57. The van der Waals surface area contributed by atoms with E-state index in [0.29, 0.717) is 0 Å². The van der Waals surface area contributed by atoms with Gasteiger partial charge in [0.1, 0.15) is 5.75 Å². The standard InChI is InChI=1S/C15H23NO2/c1-11-4-5-14(12(2)15(11)17-3)16-10-13-6-8-18-9-7-13/h4-5,13,16H,6-10H2,1-3H3. The van der Waals surface area contributed by atoms with Crippen LogP contribution in [0, 0.1) is 19.8 Å². The molecule has 0 spiro atoms. The lowest BCUT2D eigenvalue weighted by molar-refractivity contribution is 0.0699. The number of aryl methyl sites for hydroxylation is 1. The SMILES string of the molecule is COc1c(C)ccc(NCC2CCOCC2)c1C. The molecule has 0 bridgehead atoms. The predicted octanol–water partition coefficient (Wildman–Crippen LogP) is 3.15. The highest BCUT2D eigenvalue weighted by Crippen LogP contribution is 2.29. The van der Waals surface area contributed by atoms with Gasteiger partial charge in [-0.05, 0) is 44.2 Å². The second kappa shape index (κ2) is 6.10. The first-order valence-corrected chi connectivity index (χ1v) is 6.68. The first-order chi connectivity index (χ1) is 8.72. The number of methoxy groups -OCH3 is 1. The molecule has 2 rings (SSSR count). The molecule has 0 aromatic heterocycles. The van der Waals surface area contributed by atoms with Gasteiger partial charge in [0.25, 0.3) is 0 Å². The van der Waals surface area contributed by atoms with Crippen molar-refractivity contribution in [3.8, 4) is 5.75 Å². The molecule has 0 unspecified atom stereocenters. The fourth-order valence-electron chi connectivity index (χ4n) is 2.54. The van der Waals surface area contributed by atoms with Gasteiger partial charge in [-0.3, -0.25) is 0 Å². The molecular formula is C15H23NO2. The third-order valence-electron chi connectivity index (χ3n) is 3.73. The maximum atomic E-state index is 5.45. The molecule has 100 valence electrons. The Morgan fingerprint density at radius 1 is 1.28 bits per heavy atom. The lowest BCUT2D eigenvalue weighted by Gasteiger charge is -2.23. The van der Waals surface area contributed by atoms with E-state index in [0.717, 1.165) is 44.3 Å². The summed E-state index contributed by atoms with van der Waals surface area (Å²) in [5.74, 6) is 1.72. The Labute approximate surface area is 109 Å². The van der Waals surface area contributed by atoms with E-state index in [1.165, 1.54) is 16.8 Å². The molecule has 1 saturated heterocycles. The Bertz CT molecular complexity index is 398. The molecule has 1 N–H and O–H groups in total. The monoisotopic (exact) mass is 249 g/mol. The van der Waals surface area contributed by atoms with Crippen LogP contribution in [0.1, 0.15) is 24.0 Å². The van der Waals surface area contributed by atoms with Crippen molar-refractivity contribution in [2.24, 2.45) is 5.92 Å². The molecule has 0 aliphatic carbocycles. The highest BCUT2D eigenvalue weighted by molar-refractivity contribution is 5.59. The van der Waals surface area contributed by atoms with Crippen molar-refractivity contribution in [2.75, 3.05) is 32.2 Å². The molecule has 18 heavy (non-hydrogen) atoms. The fourth-order valence-corrected chi connectivity index (χ4v) is 2.54. The predicted molar refractivity (Wildman–Crippen MR) is 74.5 cm³/mol. The lowest BCUT2D eigenvalue weighted by Crippen LogP contribution is -2.22. The van der Waals surface area contributed by atoms with Gasteiger partial charge in [-0.2, -0.15) is 0 Å². The smallest absolute Gasteiger partial charge is 0.126 e. The van der Waals surface area contributed by atoms with Gasteiger partial charge in [0.15, 0.2) is 0 Å². The molecule has 1 fully saturated rings. The fraction of sp³-hybridized carbons (Fsp3) is 0.600. The first-order valence-electron chi connectivity index (χ1n) is 6.68. The number of anilines is 1. The van der Waals surface area contributed by atoms with E-state index in [2.05, 4.69) is 31.3 Å². The average molecular weight is 249 g/mol. The normalized spacial score (nSPS) is 16.6. The summed E-state index contributed by atoms with van der Waals surface area (Å²) >= 11 is 0. The van der Waals surface area contributed by atoms with Crippen LogP contribution in [-0.2, 0) is 4.74 Å². The molecule has 0 amide bonds. The van der Waals surface area contributed by atoms with E-state index in [9.17, 15) is 0 Å². The van der Waals surface area contributed by atoms with Crippen molar-refractivity contribution in [1.29, 1.82) is 0 Å². The molecule has 0 radical (unpaired) electrons. The van der Waals surface area contributed by atoms with Gasteiger partial charge in [-0.1, -0.05) is 6.07 Å². The molecule has 1 aliphatic heterocycles. The van der Waals surface area contributed by atoms with Gasteiger partial charge in [0.05, 0.1) is 7.11 Å². The Morgan fingerprint density at radius 2 is 2.00 bits per heavy atom. The van der Waals surface area contributed by atoms with Crippen LogP contribution in [-0.4, -0.2) is 26.9 Å². The molecule has 0 atom stereocenters. The average Bonchev–Trinajstić information content (AvgIpc) is 2.40. The maximum Gasteiger partial charge on any atom is 0.126 e. The van der Waals surface area contributed by atoms with Crippen molar-refractivity contribution in [3.63, 3.8) is 0 Å². The van der Waals surface area contributed by atoms with E-state index in [1.54, 1.807) is 7.11 Å². The van der Waals surface area contributed by atoms with Crippen molar-refractivity contribution in [1.82, 2.24) is 0 Å². The quantitative estimate of drug-likeness (QED) is 0.889. The number of rotatable bonds is 4. The van der Waals surface area contributed by atoms with Gasteiger partial charge in [0.2, 0.25) is 0 Å². The molecule has 3 nitrogen and oxygen atoms in total. The molecular weight excluding hydrogens is 226 g/mol. The van der Waals surface area contributed by atoms with Crippen molar-refractivity contribution >= 4 is 5.69 Å². The van der Waals surface area contributed by atoms with Crippen LogP contribution < -0.4 is 10.1 Å². The summed E-state index contributed by atoms with van der Waals surface area (Å²) in [6.45, 7) is 7.02. The summed E-state index contributed by atoms with van der Waals surface area (Å²) in [6.07, 6.45) is 2.32. The van der Waals surface area contributed by atoms with Crippen molar-refractivity contribution < 1.29 is 9.47 Å². The molecule has 1 heterocycles. The minimum absolute atomic E-state index is 0.727.